The molecule has 0 aliphatic heterocycles. The van der Waals surface area contributed by atoms with Crippen molar-refractivity contribution in [3.05, 3.63) is 0 Å². The summed E-state index contributed by atoms with van der Waals surface area (Å²) in [5.74, 6) is 0.758. The van der Waals surface area contributed by atoms with Crippen molar-refractivity contribution in [2.75, 3.05) is 12.3 Å². The Labute approximate surface area is 122 Å². The Morgan fingerprint density at radius 2 is 1.75 bits per heavy atom. The number of amides is 1. The van der Waals surface area contributed by atoms with Crippen molar-refractivity contribution in [1.82, 2.24) is 5.32 Å². The second-order valence-electron chi connectivity index (χ2n) is 6.93. The van der Waals surface area contributed by atoms with Gasteiger partial charge in [0.2, 0.25) is 15.9 Å². The smallest absolute Gasteiger partial charge is 0.223 e. The number of carbonyl (C=O) groups is 1. The molecule has 0 aromatic heterocycles. The van der Waals surface area contributed by atoms with E-state index >= 15 is 0 Å². The lowest BCUT2D eigenvalue weighted by Crippen LogP contribution is -2.36. The summed E-state index contributed by atoms with van der Waals surface area (Å²) in [6.45, 7) is 7.15. The Balaban J connectivity index is 2.26. The zero-order chi connectivity index (χ0) is 15.4. The van der Waals surface area contributed by atoms with Crippen LogP contribution < -0.4 is 10.5 Å². The zero-order valence-corrected chi connectivity index (χ0v) is 13.6. The molecule has 0 unspecified atom stereocenters. The molecule has 1 rings (SSSR count). The number of carbonyl (C=O) groups excluding carboxylic acids is 1. The summed E-state index contributed by atoms with van der Waals surface area (Å²) in [5.41, 5.74) is 0.316. The molecule has 1 amide bonds. The number of primary sulfonamides is 1. The number of rotatable bonds is 5. The maximum absolute atomic E-state index is 12.0. The van der Waals surface area contributed by atoms with Crippen LogP contribution in [0, 0.1) is 17.3 Å². The number of nitrogens with one attached hydrogen (secondary N) is 1. The van der Waals surface area contributed by atoms with Gasteiger partial charge in [-0.15, -0.1) is 0 Å². The molecular formula is C14H28N2O3S. The summed E-state index contributed by atoms with van der Waals surface area (Å²) in [6, 6.07) is 0. The van der Waals surface area contributed by atoms with E-state index in [2.05, 4.69) is 26.1 Å². The van der Waals surface area contributed by atoms with E-state index < -0.39 is 10.0 Å². The molecule has 6 heteroatoms. The van der Waals surface area contributed by atoms with E-state index in [9.17, 15) is 13.2 Å². The first kappa shape index (κ1) is 17.4. The van der Waals surface area contributed by atoms with Gasteiger partial charge in [-0.3, -0.25) is 4.79 Å². The third-order valence-electron chi connectivity index (χ3n) is 4.23. The van der Waals surface area contributed by atoms with Crippen LogP contribution in [0.3, 0.4) is 0 Å². The predicted octanol–water partition coefficient (Wildman–Crippen LogP) is 1.63. The maximum atomic E-state index is 12.0. The maximum Gasteiger partial charge on any atom is 0.223 e. The molecule has 118 valence electrons. The van der Waals surface area contributed by atoms with Gasteiger partial charge in [0, 0.05) is 12.5 Å². The average Bonchev–Trinajstić information content (AvgIpc) is 2.32. The van der Waals surface area contributed by atoms with E-state index in [1.54, 1.807) is 0 Å². The van der Waals surface area contributed by atoms with Crippen LogP contribution in [0.25, 0.3) is 0 Å². The van der Waals surface area contributed by atoms with Crippen LogP contribution in [0.15, 0.2) is 0 Å². The van der Waals surface area contributed by atoms with Crippen LogP contribution in [0.2, 0.25) is 0 Å². The minimum atomic E-state index is -3.42. The lowest BCUT2D eigenvalue weighted by atomic mass is 9.69. The molecule has 0 atom stereocenters. The van der Waals surface area contributed by atoms with Crippen LogP contribution in [0.4, 0.5) is 0 Å². The Morgan fingerprint density at radius 3 is 2.20 bits per heavy atom. The number of hydrogen-bond donors (Lipinski definition) is 2. The van der Waals surface area contributed by atoms with E-state index in [1.165, 1.54) is 0 Å². The van der Waals surface area contributed by atoms with Crippen molar-refractivity contribution in [2.45, 2.75) is 52.9 Å². The Morgan fingerprint density at radius 1 is 1.20 bits per heavy atom. The van der Waals surface area contributed by atoms with Crippen molar-refractivity contribution < 1.29 is 13.2 Å². The molecule has 3 N–H and O–H groups in total. The highest BCUT2D eigenvalue weighted by molar-refractivity contribution is 7.89. The first-order chi connectivity index (χ1) is 9.09. The monoisotopic (exact) mass is 304 g/mol. The summed E-state index contributed by atoms with van der Waals surface area (Å²) >= 11 is 0. The van der Waals surface area contributed by atoms with E-state index in [-0.39, 0.29) is 17.6 Å². The number of hydrogen-bond acceptors (Lipinski definition) is 3. The van der Waals surface area contributed by atoms with E-state index in [0.717, 1.165) is 25.7 Å². The second kappa shape index (κ2) is 6.89. The molecule has 0 aromatic rings. The van der Waals surface area contributed by atoms with Crippen molar-refractivity contribution >= 4 is 15.9 Å². The highest BCUT2D eigenvalue weighted by Gasteiger charge is 2.32. The van der Waals surface area contributed by atoms with Gasteiger partial charge in [-0.05, 0) is 43.4 Å². The summed E-state index contributed by atoms with van der Waals surface area (Å²) in [6.07, 6.45) is 4.44. The second-order valence-corrected chi connectivity index (χ2v) is 8.66. The highest BCUT2D eigenvalue weighted by Crippen LogP contribution is 2.39. The van der Waals surface area contributed by atoms with Crippen LogP contribution >= 0.6 is 0 Å². The largest absolute Gasteiger partial charge is 0.356 e. The van der Waals surface area contributed by atoms with Gasteiger partial charge in [0.15, 0.2) is 0 Å². The summed E-state index contributed by atoms with van der Waals surface area (Å²) in [7, 11) is -3.42. The Hall–Kier alpha value is -0.620. The van der Waals surface area contributed by atoms with Gasteiger partial charge in [0.05, 0.1) is 5.75 Å². The third-order valence-corrected chi connectivity index (χ3v) is 5.09. The van der Waals surface area contributed by atoms with Crippen molar-refractivity contribution in [1.29, 1.82) is 0 Å². The van der Waals surface area contributed by atoms with E-state index in [4.69, 9.17) is 5.14 Å². The van der Waals surface area contributed by atoms with Gasteiger partial charge in [-0.2, -0.15) is 0 Å². The minimum absolute atomic E-state index is 0.0618. The normalized spacial score (nSPS) is 24.4. The van der Waals surface area contributed by atoms with Crippen molar-refractivity contribution in [2.24, 2.45) is 22.4 Å². The van der Waals surface area contributed by atoms with Gasteiger partial charge >= 0.3 is 0 Å². The molecule has 1 saturated carbocycles. The molecule has 1 fully saturated rings. The quantitative estimate of drug-likeness (QED) is 0.757. The van der Waals surface area contributed by atoms with Gasteiger partial charge in [-0.25, -0.2) is 13.6 Å². The molecule has 0 radical (unpaired) electrons. The lowest BCUT2D eigenvalue weighted by Gasteiger charge is -2.36. The predicted molar refractivity (Wildman–Crippen MR) is 80.5 cm³/mol. The molecule has 1 aliphatic carbocycles. The van der Waals surface area contributed by atoms with Crippen LogP contribution in [0.1, 0.15) is 52.9 Å². The van der Waals surface area contributed by atoms with Gasteiger partial charge in [-0.1, -0.05) is 20.8 Å². The molecule has 0 bridgehead atoms. The summed E-state index contributed by atoms with van der Waals surface area (Å²) in [5, 5.41) is 7.73. The average molecular weight is 304 g/mol. The number of sulfonamides is 1. The highest BCUT2D eigenvalue weighted by atomic mass is 32.2. The van der Waals surface area contributed by atoms with E-state index in [1.807, 2.05) is 0 Å². The van der Waals surface area contributed by atoms with Gasteiger partial charge < -0.3 is 5.32 Å². The van der Waals surface area contributed by atoms with Crippen molar-refractivity contribution in [3.8, 4) is 0 Å². The minimum Gasteiger partial charge on any atom is -0.356 e. The molecule has 0 heterocycles. The molecule has 5 nitrogen and oxygen atoms in total. The van der Waals surface area contributed by atoms with Crippen LogP contribution in [-0.2, 0) is 14.8 Å². The first-order valence-corrected chi connectivity index (χ1v) is 9.09. The fourth-order valence-corrected chi connectivity index (χ4v) is 3.40. The van der Waals surface area contributed by atoms with Crippen molar-refractivity contribution in [3.63, 3.8) is 0 Å². The third kappa shape index (κ3) is 6.22. The Bertz CT molecular complexity index is 418. The molecule has 0 aromatic carbocycles. The summed E-state index contributed by atoms with van der Waals surface area (Å²) < 4.78 is 21.5. The summed E-state index contributed by atoms with van der Waals surface area (Å²) in [4.78, 5) is 12.0. The fourth-order valence-electron chi connectivity index (χ4n) is 2.85. The standard InChI is InChI=1S/C14H28N2O3S/c1-14(2,3)12-7-5-11(6-8-12)13(17)16-9-4-10-20(15,18)19/h11-12H,4-10H2,1-3H3,(H,16,17)(H2,15,18,19). The molecule has 0 spiro atoms. The van der Waals surface area contributed by atoms with Crippen LogP contribution in [0.5, 0.6) is 0 Å². The number of nitrogens with two attached hydrogens (primary N) is 1. The fraction of sp³-hybridized carbons (Fsp3) is 0.929. The van der Waals surface area contributed by atoms with Crippen LogP contribution in [-0.4, -0.2) is 26.6 Å². The van der Waals surface area contributed by atoms with Gasteiger partial charge in [0.25, 0.3) is 0 Å². The zero-order valence-electron chi connectivity index (χ0n) is 12.8. The molecule has 0 saturated heterocycles. The van der Waals surface area contributed by atoms with E-state index in [0.29, 0.717) is 24.3 Å². The Kier molecular flexibility index (Phi) is 6.01. The SMILES string of the molecule is CC(C)(C)C1CCC(C(=O)NCCCS(N)(=O)=O)CC1. The topological polar surface area (TPSA) is 89.3 Å². The molecule has 20 heavy (non-hydrogen) atoms. The first-order valence-electron chi connectivity index (χ1n) is 7.38. The van der Waals surface area contributed by atoms with Gasteiger partial charge in [0.1, 0.15) is 0 Å². The molecular weight excluding hydrogens is 276 g/mol. The lowest BCUT2D eigenvalue weighted by molar-refractivity contribution is -0.126. The molecule has 1 aliphatic rings.